The first-order chi connectivity index (χ1) is 9.74. The van der Waals surface area contributed by atoms with Crippen LogP contribution in [0.15, 0.2) is 24.3 Å². The fourth-order valence-electron chi connectivity index (χ4n) is 2.44. The van der Waals surface area contributed by atoms with Gasteiger partial charge in [-0.05, 0) is 55.2 Å². The van der Waals surface area contributed by atoms with Crippen LogP contribution in [0.3, 0.4) is 0 Å². The average molecular weight is 273 g/mol. The molecule has 2 saturated carbocycles. The highest BCUT2D eigenvalue weighted by molar-refractivity contribution is 5.89. The molecule has 2 fully saturated rings. The van der Waals surface area contributed by atoms with Crippen molar-refractivity contribution in [1.29, 1.82) is 0 Å². The summed E-state index contributed by atoms with van der Waals surface area (Å²) in [5, 5.41) is 3.01. The van der Waals surface area contributed by atoms with Gasteiger partial charge < -0.3 is 16.0 Å². The zero-order valence-electron chi connectivity index (χ0n) is 11.8. The van der Waals surface area contributed by atoms with Crippen molar-refractivity contribution in [2.45, 2.75) is 32.2 Å². The molecule has 20 heavy (non-hydrogen) atoms. The summed E-state index contributed by atoms with van der Waals surface area (Å²) in [5.41, 5.74) is 7.52. The number of hydrogen-bond acceptors (Lipinski definition) is 2. The lowest BCUT2D eigenvalue weighted by molar-refractivity contribution is 0.206. The molecule has 0 unspecified atom stereocenters. The lowest BCUT2D eigenvalue weighted by Crippen LogP contribution is -2.38. The molecule has 0 aromatic heterocycles. The molecule has 1 aromatic carbocycles. The minimum absolute atomic E-state index is 0.0398. The Labute approximate surface area is 120 Å². The molecule has 3 N–H and O–H groups in total. The molecular weight excluding hydrogens is 250 g/mol. The number of nitrogens with zero attached hydrogens (tertiary/aromatic N) is 1. The monoisotopic (exact) mass is 273 g/mol. The van der Waals surface area contributed by atoms with Crippen molar-refractivity contribution >= 4 is 11.7 Å². The van der Waals surface area contributed by atoms with Crippen LogP contribution in [0.5, 0.6) is 0 Å². The zero-order valence-corrected chi connectivity index (χ0v) is 11.8. The van der Waals surface area contributed by atoms with Gasteiger partial charge in [-0.3, -0.25) is 0 Å². The first-order valence-electron chi connectivity index (χ1n) is 7.59. The first-order valence-corrected chi connectivity index (χ1v) is 7.59. The van der Waals surface area contributed by atoms with Crippen LogP contribution in [0.1, 0.15) is 31.2 Å². The lowest BCUT2D eigenvalue weighted by Gasteiger charge is -2.23. The quantitative estimate of drug-likeness (QED) is 0.837. The number of carbonyl (C=O) groups is 1. The summed E-state index contributed by atoms with van der Waals surface area (Å²) in [6.45, 7) is 2.33. The summed E-state index contributed by atoms with van der Waals surface area (Å²) in [5.74, 6) is 1.46. The third-order valence-electron chi connectivity index (χ3n) is 4.05. The van der Waals surface area contributed by atoms with E-state index in [4.69, 9.17) is 5.73 Å². The van der Waals surface area contributed by atoms with Crippen LogP contribution in [-0.4, -0.2) is 24.0 Å². The average Bonchev–Trinajstić information content (AvgIpc) is 3.33. The summed E-state index contributed by atoms with van der Waals surface area (Å²) in [6.07, 6.45) is 5.10. The van der Waals surface area contributed by atoms with Gasteiger partial charge in [0, 0.05) is 25.3 Å². The van der Waals surface area contributed by atoms with Crippen LogP contribution in [0.25, 0.3) is 0 Å². The van der Waals surface area contributed by atoms with E-state index in [0.29, 0.717) is 6.54 Å². The standard InChI is InChI=1S/C16H23N3O/c17-9-14-2-1-3-15(8-14)18-16(20)19(10-12-4-5-12)11-13-6-7-13/h1-3,8,12-13H,4-7,9-11,17H2,(H,18,20). The van der Waals surface area contributed by atoms with Crippen LogP contribution in [0.2, 0.25) is 0 Å². The second-order valence-corrected chi connectivity index (χ2v) is 6.13. The number of amides is 2. The van der Waals surface area contributed by atoms with Gasteiger partial charge in [0.2, 0.25) is 0 Å². The van der Waals surface area contributed by atoms with Crippen molar-refractivity contribution in [3.63, 3.8) is 0 Å². The maximum atomic E-state index is 12.4. The zero-order chi connectivity index (χ0) is 13.9. The Balaban J connectivity index is 1.61. The Morgan fingerprint density at radius 1 is 1.20 bits per heavy atom. The number of nitrogens with one attached hydrogen (secondary N) is 1. The molecule has 0 spiro atoms. The molecule has 2 amide bonds. The summed E-state index contributed by atoms with van der Waals surface area (Å²) in [7, 11) is 0. The molecule has 1 aromatic rings. The van der Waals surface area contributed by atoms with Crippen molar-refractivity contribution in [2.24, 2.45) is 17.6 Å². The Morgan fingerprint density at radius 3 is 2.40 bits per heavy atom. The SMILES string of the molecule is NCc1cccc(NC(=O)N(CC2CC2)CC2CC2)c1. The van der Waals surface area contributed by atoms with E-state index in [0.717, 1.165) is 36.2 Å². The van der Waals surface area contributed by atoms with Gasteiger partial charge in [-0.1, -0.05) is 12.1 Å². The molecular formula is C16H23N3O. The molecule has 0 saturated heterocycles. The Bertz CT molecular complexity index is 466. The van der Waals surface area contributed by atoms with E-state index >= 15 is 0 Å². The van der Waals surface area contributed by atoms with Crippen molar-refractivity contribution in [2.75, 3.05) is 18.4 Å². The smallest absolute Gasteiger partial charge is 0.321 e. The Hall–Kier alpha value is -1.55. The summed E-state index contributed by atoms with van der Waals surface area (Å²) < 4.78 is 0. The Morgan fingerprint density at radius 2 is 1.85 bits per heavy atom. The van der Waals surface area contributed by atoms with Gasteiger partial charge in [0.15, 0.2) is 0 Å². The largest absolute Gasteiger partial charge is 0.326 e. The number of nitrogens with two attached hydrogens (primary N) is 1. The number of urea groups is 1. The number of anilines is 1. The third-order valence-corrected chi connectivity index (χ3v) is 4.05. The van der Waals surface area contributed by atoms with E-state index < -0.39 is 0 Å². The van der Waals surface area contributed by atoms with Gasteiger partial charge in [0.1, 0.15) is 0 Å². The van der Waals surface area contributed by atoms with Gasteiger partial charge in [-0.2, -0.15) is 0 Å². The predicted octanol–water partition coefficient (Wildman–Crippen LogP) is 2.80. The normalized spacial score (nSPS) is 17.9. The maximum absolute atomic E-state index is 12.4. The molecule has 0 radical (unpaired) electrons. The first kappa shape index (κ1) is 13.4. The predicted molar refractivity (Wildman–Crippen MR) is 80.4 cm³/mol. The lowest BCUT2D eigenvalue weighted by atomic mass is 10.2. The van der Waals surface area contributed by atoms with Gasteiger partial charge in [0.05, 0.1) is 0 Å². The fourth-order valence-corrected chi connectivity index (χ4v) is 2.44. The number of carbonyl (C=O) groups excluding carboxylic acids is 1. The van der Waals surface area contributed by atoms with E-state index in [-0.39, 0.29) is 6.03 Å². The highest BCUT2D eigenvalue weighted by Crippen LogP contribution is 2.33. The molecule has 3 rings (SSSR count). The summed E-state index contributed by atoms with van der Waals surface area (Å²) >= 11 is 0. The van der Waals surface area contributed by atoms with E-state index in [9.17, 15) is 4.79 Å². The highest BCUT2D eigenvalue weighted by Gasteiger charge is 2.31. The van der Waals surface area contributed by atoms with E-state index in [1.165, 1.54) is 25.7 Å². The highest BCUT2D eigenvalue weighted by atomic mass is 16.2. The van der Waals surface area contributed by atoms with Gasteiger partial charge in [0.25, 0.3) is 0 Å². The molecule has 2 aliphatic rings. The molecule has 0 aliphatic heterocycles. The van der Waals surface area contributed by atoms with Crippen LogP contribution in [0.4, 0.5) is 10.5 Å². The number of hydrogen-bond donors (Lipinski definition) is 2. The van der Waals surface area contributed by atoms with Gasteiger partial charge >= 0.3 is 6.03 Å². The Kier molecular flexibility index (Phi) is 3.92. The maximum Gasteiger partial charge on any atom is 0.321 e. The van der Waals surface area contributed by atoms with Gasteiger partial charge in [-0.15, -0.1) is 0 Å². The molecule has 0 heterocycles. The molecule has 4 nitrogen and oxygen atoms in total. The molecule has 0 bridgehead atoms. The minimum atomic E-state index is 0.0398. The number of benzene rings is 1. The van der Waals surface area contributed by atoms with Crippen molar-refractivity contribution < 1.29 is 4.79 Å². The minimum Gasteiger partial charge on any atom is -0.326 e. The van der Waals surface area contributed by atoms with Crippen LogP contribution in [-0.2, 0) is 6.54 Å². The molecule has 4 heteroatoms. The molecule has 2 aliphatic carbocycles. The summed E-state index contributed by atoms with van der Waals surface area (Å²) in [6, 6.07) is 7.82. The topological polar surface area (TPSA) is 58.4 Å². The van der Waals surface area contributed by atoms with Crippen molar-refractivity contribution in [3.8, 4) is 0 Å². The van der Waals surface area contributed by atoms with E-state index in [1.807, 2.05) is 29.2 Å². The van der Waals surface area contributed by atoms with Crippen LogP contribution in [0, 0.1) is 11.8 Å². The van der Waals surface area contributed by atoms with Crippen molar-refractivity contribution in [3.05, 3.63) is 29.8 Å². The second kappa shape index (κ2) is 5.83. The van der Waals surface area contributed by atoms with Gasteiger partial charge in [-0.25, -0.2) is 4.79 Å². The summed E-state index contributed by atoms with van der Waals surface area (Å²) in [4.78, 5) is 14.4. The van der Waals surface area contributed by atoms with E-state index in [2.05, 4.69) is 5.32 Å². The number of rotatable bonds is 6. The molecule has 108 valence electrons. The van der Waals surface area contributed by atoms with Crippen LogP contribution < -0.4 is 11.1 Å². The van der Waals surface area contributed by atoms with Crippen LogP contribution >= 0.6 is 0 Å². The second-order valence-electron chi connectivity index (χ2n) is 6.13. The van der Waals surface area contributed by atoms with Crippen molar-refractivity contribution in [1.82, 2.24) is 4.90 Å². The fraction of sp³-hybridized carbons (Fsp3) is 0.562. The van der Waals surface area contributed by atoms with E-state index in [1.54, 1.807) is 0 Å². The molecule has 0 atom stereocenters. The third kappa shape index (κ3) is 3.73.